The van der Waals surface area contributed by atoms with Crippen molar-refractivity contribution in [3.8, 4) is 5.75 Å². The first-order valence-electron chi connectivity index (χ1n) is 9.69. The smallest absolute Gasteiger partial charge is 0.227 e. The van der Waals surface area contributed by atoms with Gasteiger partial charge in [0.05, 0.1) is 6.61 Å². The number of rotatable bonds is 6. The molecule has 2 aromatic rings. The highest BCUT2D eigenvalue weighted by atomic mass is 16.8. The quantitative estimate of drug-likeness (QED) is 0.670. The summed E-state index contributed by atoms with van der Waals surface area (Å²) in [7, 11) is 1.37. The number of ether oxygens (including phenoxy) is 4. The molecule has 2 saturated heterocycles. The van der Waals surface area contributed by atoms with Crippen LogP contribution in [0.1, 0.15) is 23.6 Å². The molecule has 5 atom stereocenters. The number of benzene rings is 2. The molecule has 156 valence electrons. The summed E-state index contributed by atoms with van der Waals surface area (Å²) in [5, 5.41) is 31.4. The van der Waals surface area contributed by atoms with E-state index >= 15 is 0 Å². The molecule has 2 fully saturated rings. The van der Waals surface area contributed by atoms with E-state index in [0.717, 1.165) is 16.9 Å². The standard InChI is InChI=1S/C22H26O7/c1-3-27-17-9-7-14(8-10-17)11-15-5-4-6-16(12-15)22-20(25)18(23)19(24)21(26-2,29-22)13-28-22/h4-10,12,18-20,23-25H,3,11,13H2,1-2H3. The molecule has 2 aliphatic heterocycles. The zero-order chi connectivity index (χ0) is 20.6. The van der Waals surface area contributed by atoms with E-state index in [-0.39, 0.29) is 6.61 Å². The summed E-state index contributed by atoms with van der Waals surface area (Å²) < 4.78 is 22.5. The molecule has 3 N–H and O–H groups in total. The predicted molar refractivity (Wildman–Crippen MR) is 103 cm³/mol. The fourth-order valence-electron chi connectivity index (χ4n) is 4.01. The Hall–Kier alpha value is -2.00. The lowest BCUT2D eigenvalue weighted by molar-refractivity contribution is -0.375. The van der Waals surface area contributed by atoms with E-state index in [1.54, 1.807) is 6.07 Å². The van der Waals surface area contributed by atoms with Gasteiger partial charge in [-0.15, -0.1) is 0 Å². The number of methoxy groups -OCH3 is 1. The number of aliphatic hydroxyl groups is 3. The van der Waals surface area contributed by atoms with Crippen molar-refractivity contribution < 1.29 is 34.3 Å². The van der Waals surface area contributed by atoms with Crippen LogP contribution in [0.2, 0.25) is 0 Å². The van der Waals surface area contributed by atoms with Crippen LogP contribution >= 0.6 is 0 Å². The van der Waals surface area contributed by atoms with Crippen molar-refractivity contribution in [3.63, 3.8) is 0 Å². The Morgan fingerprint density at radius 1 is 1.03 bits per heavy atom. The summed E-state index contributed by atoms with van der Waals surface area (Å²) in [6, 6.07) is 15.3. The minimum absolute atomic E-state index is 0.109. The summed E-state index contributed by atoms with van der Waals surface area (Å²) in [5.74, 6) is -2.31. The largest absolute Gasteiger partial charge is 0.494 e. The van der Waals surface area contributed by atoms with E-state index in [9.17, 15) is 15.3 Å². The van der Waals surface area contributed by atoms with Crippen molar-refractivity contribution in [3.05, 3.63) is 65.2 Å². The minimum Gasteiger partial charge on any atom is -0.494 e. The maximum atomic E-state index is 10.7. The van der Waals surface area contributed by atoms with E-state index in [0.29, 0.717) is 18.6 Å². The summed E-state index contributed by atoms with van der Waals surface area (Å²) in [6.07, 6.45) is -3.71. The van der Waals surface area contributed by atoms with Crippen LogP contribution in [0.4, 0.5) is 0 Å². The van der Waals surface area contributed by atoms with Crippen molar-refractivity contribution in [2.75, 3.05) is 20.3 Å². The Balaban J connectivity index is 1.61. The van der Waals surface area contributed by atoms with Crippen molar-refractivity contribution in [2.24, 2.45) is 0 Å². The molecule has 0 aliphatic carbocycles. The number of hydrogen-bond acceptors (Lipinski definition) is 7. The number of hydrogen-bond donors (Lipinski definition) is 3. The average molecular weight is 402 g/mol. The van der Waals surface area contributed by atoms with Gasteiger partial charge in [0.1, 0.15) is 30.7 Å². The minimum atomic E-state index is -1.61. The molecule has 0 amide bonds. The number of aliphatic hydroxyl groups excluding tert-OH is 3. The van der Waals surface area contributed by atoms with Gasteiger partial charge in [0, 0.05) is 12.7 Å². The second-order valence-electron chi connectivity index (χ2n) is 7.41. The number of fused-ring (bicyclic) bond motifs is 2. The van der Waals surface area contributed by atoms with Crippen LogP contribution in [0.5, 0.6) is 5.75 Å². The fourth-order valence-corrected chi connectivity index (χ4v) is 4.01. The molecule has 0 spiro atoms. The molecule has 7 nitrogen and oxygen atoms in total. The van der Waals surface area contributed by atoms with E-state index in [1.807, 2.05) is 49.4 Å². The molecule has 2 aliphatic rings. The molecular formula is C22H26O7. The molecule has 0 aromatic heterocycles. The van der Waals surface area contributed by atoms with Crippen molar-refractivity contribution in [2.45, 2.75) is 43.2 Å². The Kier molecular flexibility index (Phi) is 5.37. The van der Waals surface area contributed by atoms with E-state index in [1.165, 1.54) is 7.11 Å². The maximum Gasteiger partial charge on any atom is 0.227 e. The van der Waals surface area contributed by atoms with Gasteiger partial charge < -0.3 is 34.3 Å². The summed E-state index contributed by atoms with van der Waals surface area (Å²) >= 11 is 0. The van der Waals surface area contributed by atoms with Gasteiger partial charge in [-0.1, -0.05) is 30.3 Å². The van der Waals surface area contributed by atoms with Crippen LogP contribution in [0.25, 0.3) is 0 Å². The monoisotopic (exact) mass is 402 g/mol. The zero-order valence-corrected chi connectivity index (χ0v) is 16.4. The normalized spacial score (nSPS) is 33.6. The van der Waals surface area contributed by atoms with Crippen molar-refractivity contribution in [1.82, 2.24) is 0 Å². The van der Waals surface area contributed by atoms with Crippen molar-refractivity contribution in [1.29, 1.82) is 0 Å². The zero-order valence-electron chi connectivity index (χ0n) is 16.4. The van der Waals surface area contributed by atoms with Crippen LogP contribution in [-0.4, -0.2) is 59.7 Å². The molecule has 2 bridgehead atoms. The maximum absolute atomic E-state index is 10.7. The van der Waals surface area contributed by atoms with E-state index < -0.39 is 29.9 Å². The van der Waals surface area contributed by atoms with Gasteiger partial charge in [0.25, 0.3) is 0 Å². The summed E-state index contributed by atoms with van der Waals surface area (Å²) in [5.41, 5.74) is 2.64. The predicted octanol–water partition coefficient (Wildman–Crippen LogP) is 1.31. The van der Waals surface area contributed by atoms with Crippen LogP contribution < -0.4 is 4.74 Å². The Morgan fingerprint density at radius 2 is 1.79 bits per heavy atom. The first-order valence-corrected chi connectivity index (χ1v) is 9.69. The molecule has 2 aromatic carbocycles. The van der Waals surface area contributed by atoms with Gasteiger partial charge >= 0.3 is 0 Å². The lowest BCUT2D eigenvalue weighted by Gasteiger charge is -2.45. The Labute approximate surface area is 169 Å². The van der Waals surface area contributed by atoms with E-state index in [4.69, 9.17) is 18.9 Å². The van der Waals surface area contributed by atoms with Crippen LogP contribution in [0, 0.1) is 0 Å². The van der Waals surface area contributed by atoms with Gasteiger partial charge in [0.2, 0.25) is 11.6 Å². The average Bonchev–Trinajstić information content (AvgIpc) is 3.13. The first-order chi connectivity index (χ1) is 13.9. The molecular weight excluding hydrogens is 376 g/mol. The molecule has 29 heavy (non-hydrogen) atoms. The summed E-state index contributed by atoms with van der Waals surface area (Å²) in [4.78, 5) is 0. The molecule has 7 heteroatoms. The molecule has 0 saturated carbocycles. The van der Waals surface area contributed by atoms with E-state index in [2.05, 4.69) is 0 Å². The third kappa shape index (κ3) is 3.34. The highest BCUT2D eigenvalue weighted by molar-refractivity contribution is 5.35. The second kappa shape index (κ2) is 7.68. The van der Waals surface area contributed by atoms with Crippen LogP contribution in [0.3, 0.4) is 0 Å². The SMILES string of the molecule is CCOc1ccc(Cc2cccc(C34OCC(OC)(O3)C(O)C(O)C4O)c2)cc1. The molecule has 5 unspecified atom stereocenters. The van der Waals surface area contributed by atoms with Crippen LogP contribution in [0.15, 0.2) is 48.5 Å². The molecule has 0 radical (unpaired) electrons. The Morgan fingerprint density at radius 3 is 2.48 bits per heavy atom. The molecule has 4 rings (SSSR count). The highest BCUT2D eigenvalue weighted by Gasteiger charge is 2.67. The summed E-state index contributed by atoms with van der Waals surface area (Å²) in [6.45, 7) is 2.46. The van der Waals surface area contributed by atoms with Gasteiger partial charge in [-0.2, -0.15) is 0 Å². The molecule has 2 heterocycles. The van der Waals surface area contributed by atoms with Gasteiger partial charge in [-0.05, 0) is 42.7 Å². The van der Waals surface area contributed by atoms with Gasteiger partial charge in [-0.3, -0.25) is 0 Å². The third-order valence-corrected chi connectivity index (χ3v) is 5.62. The van der Waals surface area contributed by atoms with Gasteiger partial charge in [0.15, 0.2) is 0 Å². The topological polar surface area (TPSA) is 97.6 Å². The fraction of sp³-hybridized carbons (Fsp3) is 0.455. The third-order valence-electron chi connectivity index (χ3n) is 5.62. The Bertz CT molecular complexity index is 854. The lowest BCUT2D eigenvalue weighted by atomic mass is 9.87. The first kappa shape index (κ1) is 20.3. The van der Waals surface area contributed by atoms with Gasteiger partial charge in [-0.25, -0.2) is 0 Å². The van der Waals surface area contributed by atoms with Crippen molar-refractivity contribution >= 4 is 0 Å². The lowest BCUT2D eigenvalue weighted by Crippen LogP contribution is -2.64. The highest BCUT2D eigenvalue weighted by Crippen LogP contribution is 2.49. The van der Waals surface area contributed by atoms with Crippen LogP contribution in [-0.2, 0) is 26.4 Å². The second-order valence-corrected chi connectivity index (χ2v) is 7.41.